The van der Waals surface area contributed by atoms with Crippen molar-refractivity contribution >= 4 is 17.5 Å². The van der Waals surface area contributed by atoms with E-state index in [9.17, 15) is 9.59 Å². The maximum absolute atomic E-state index is 13.1. The van der Waals surface area contributed by atoms with Crippen molar-refractivity contribution in [2.45, 2.75) is 26.7 Å². The van der Waals surface area contributed by atoms with Crippen LogP contribution in [0.1, 0.15) is 24.5 Å². The third-order valence-electron chi connectivity index (χ3n) is 5.29. The number of nitrogens with zero attached hydrogens (tertiary/aromatic N) is 2. The number of methoxy groups -OCH3 is 1. The van der Waals surface area contributed by atoms with Gasteiger partial charge in [0.25, 0.3) is 0 Å². The minimum Gasteiger partial charge on any atom is -0.497 e. The Bertz CT molecular complexity index is 832. The van der Waals surface area contributed by atoms with Gasteiger partial charge >= 0.3 is 0 Å². The summed E-state index contributed by atoms with van der Waals surface area (Å²) in [5.41, 5.74) is 3.17. The predicted octanol–water partition coefficient (Wildman–Crippen LogP) is 3.45. The average Bonchev–Trinajstić information content (AvgIpc) is 3.08. The van der Waals surface area contributed by atoms with Crippen LogP contribution in [0.5, 0.6) is 5.75 Å². The lowest BCUT2D eigenvalue weighted by atomic mass is 10.1. The summed E-state index contributed by atoms with van der Waals surface area (Å²) in [7, 11) is 1.64. The Kier molecular flexibility index (Phi) is 6.34. The van der Waals surface area contributed by atoms with Gasteiger partial charge in [-0.1, -0.05) is 24.3 Å². The number of ether oxygens (including phenoxy) is 1. The molecule has 0 spiro atoms. The molecule has 0 bridgehead atoms. The number of aryl methyl sites for hydroxylation is 1. The first-order chi connectivity index (χ1) is 13.5. The van der Waals surface area contributed by atoms with Crippen LogP contribution < -0.4 is 9.64 Å². The zero-order valence-corrected chi connectivity index (χ0v) is 16.9. The molecule has 1 saturated heterocycles. The van der Waals surface area contributed by atoms with Crippen molar-refractivity contribution in [1.29, 1.82) is 0 Å². The van der Waals surface area contributed by atoms with Gasteiger partial charge < -0.3 is 14.5 Å². The molecule has 1 atom stereocenters. The summed E-state index contributed by atoms with van der Waals surface area (Å²) in [6.07, 6.45) is 1.07. The SMILES string of the molecule is CCN(C(=O)C1CC(=O)N(CCc2ccc(OC)cc2)C1)c1cccc(C)c1. The lowest BCUT2D eigenvalue weighted by Gasteiger charge is -2.24. The average molecular weight is 380 g/mol. The molecule has 5 heteroatoms. The van der Waals surface area contributed by atoms with Crippen molar-refractivity contribution in [1.82, 2.24) is 4.90 Å². The van der Waals surface area contributed by atoms with Crippen molar-refractivity contribution in [3.63, 3.8) is 0 Å². The van der Waals surface area contributed by atoms with Crippen LogP contribution in [0.15, 0.2) is 48.5 Å². The molecular formula is C23H28N2O3. The first-order valence-electron chi connectivity index (χ1n) is 9.80. The van der Waals surface area contributed by atoms with Gasteiger partial charge in [0.05, 0.1) is 13.0 Å². The molecule has 0 aromatic heterocycles. The molecule has 0 aliphatic carbocycles. The number of anilines is 1. The van der Waals surface area contributed by atoms with Crippen molar-refractivity contribution in [2.75, 3.05) is 31.6 Å². The van der Waals surface area contributed by atoms with Gasteiger partial charge in [-0.3, -0.25) is 9.59 Å². The third kappa shape index (κ3) is 4.53. The van der Waals surface area contributed by atoms with Crippen LogP contribution in [-0.2, 0) is 16.0 Å². The van der Waals surface area contributed by atoms with Crippen LogP contribution in [0, 0.1) is 12.8 Å². The molecular weight excluding hydrogens is 352 g/mol. The van der Waals surface area contributed by atoms with Gasteiger partial charge in [0, 0.05) is 31.7 Å². The summed E-state index contributed by atoms with van der Waals surface area (Å²) >= 11 is 0. The topological polar surface area (TPSA) is 49.9 Å². The summed E-state index contributed by atoms with van der Waals surface area (Å²) in [6, 6.07) is 15.8. The van der Waals surface area contributed by atoms with E-state index in [1.54, 1.807) is 12.0 Å². The number of hydrogen-bond acceptors (Lipinski definition) is 3. The molecule has 28 heavy (non-hydrogen) atoms. The van der Waals surface area contributed by atoms with E-state index in [4.69, 9.17) is 4.74 Å². The van der Waals surface area contributed by atoms with Crippen LogP contribution in [0.25, 0.3) is 0 Å². The van der Waals surface area contributed by atoms with Crippen molar-refractivity contribution in [2.24, 2.45) is 5.92 Å². The first kappa shape index (κ1) is 19.9. The lowest BCUT2D eigenvalue weighted by Crippen LogP contribution is -2.37. The van der Waals surface area contributed by atoms with E-state index < -0.39 is 0 Å². The van der Waals surface area contributed by atoms with Crippen LogP contribution in [0.4, 0.5) is 5.69 Å². The Balaban J connectivity index is 1.61. The van der Waals surface area contributed by atoms with Crippen LogP contribution in [0.2, 0.25) is 0 Å². The van der Waals surface area contributed by atoms with Gasteiger partial charge in [0.1, 0.15) is 5.75 Å². The van der Waals surface area contributed by atoms with Gasteiger partial charge in [-0.2, -0.15) is 0 Å². The molecule has 1 heterocycles. The Hall–Kier alpha value is -2.82. The highest BCUT2D eigenvalue weighted by atomic mass is 16.5. The highest BCUT2D eigenvalue weighted by Gasteiger charge is 2.36. The molecule has 1 aliphatic rings. The Morgan fingerprint density at radius 2 is 1.96 bits per heavy atom. The standard InChI is InChI=1S/C23H28N2O3/c1-4-25(20-7-5-6-17(2)14-20)23(27)19-15-22(26)24(16-19)13-12-18-8-10-21(28-3)11-9-18/h5-11,14,19H,4,12-13,15-16H2,1-3H3. The van der Waals surface area contributed by atoms with Crippen LogP contribution in [0.3, 0.4) is 0 Å². The number of hydrogen-bond donors (Lipinski definition) is 0. The molecule has 0 radical (unpaired) electrons. The van der Waals surface area contributed by atoms with E-state index in [-0.39, 0.29) is 17.7 Å². The van der Waals surface area contributed by atoms with E-state index in [2.05, 4.69) is 0 Å². The number of carbonyl (C=O) groups is 2. The largest absolute Gasteiger partial charge is 0.497 e. The van der Waals surface area contributed by atoms with Gasteiger partial charge in [-0.15, -0.1) is 0 Å². The number of carbonyl (C=O) groups excluding carboxylic acids is 2. The minimum absolute atomic E-state index is 0.0356. The number of likely N-dealkylation sites (tertiary alicyclic amines) is 1. The Labute approximate surface area is 166 Å². The highest BCUT2D eigenvalue weighted by molar-refractivity contribution is 5.99. The molecule has 0 saturated carbocycles. The van der Waals surface area contributed by atoms with Crippen molar-refractivity contribution < 1.29 is 14.3 Å². The second-order valence-corrected chi connectivity index (χ2v) is 7.26. The van der Waals surface area contributed by atoms with Gasteiger partial charge in [-0.05, 0) is 55.7 Å². The highest BCUT2D eigenvalue weighted by Crippen LogP contribution is 2.24. The Morgan fingerprint density at radius 3 is 2.61 bits per heavy atom. The molecule has 148 valence electrons. The second-order valence-electron chi connectivity index (χ2n) is 7.26. The smallest absolute Gasteiger partial charge is 0.232 e. The quantitative estimate of drug-likeness (QED) is 0.739. The summed E-state index contributed by atoms with van der Waals surface area (Å²) in [5, 5.41) is 0. The summed E-state index contributed by atoms with van der Waals surface area (Å²) in [4.78, 5) is 29.1. The first-order valence-corrected chi connectivity index (χ1v) is 9.80. The number of amides is 2. The van der Waals surface area contributed by atoms with Gasteiger partial charge in [0.2, 0.25) is 11.8 Å². The van der Waals surface area contributed by atoms with E-state index in [1.807, 2.05) is 67.3 Å². The molecule has 3 rings (SSSR count). The maximum atomic E-state index is 13.1. The lowest BCUT2D eigenvalue weighted by molar-refractivity contribution is -0.128. The molecule has 2 amide bonds. The molecule has 2 aromatic rings. The fraction of sp³-hybridized carbons (Fsp3) is 0.391. The second kappa shape index (κ2) is 8.91. The zero-order valence-electron chi connectivity index (χ0n) is 16.9. The fourth-order valence-electron chi connectivity index (χ4n) is 3.69. The van der Waals surface area contributed by atoms with E-state index in [1.165, 1.54) is 0 Å². The van der Waals surface area contributed by atoms with E-state index >= 15 is 0 Å². The van der Waals surface area contributed by atoms with E-state index in [0.717, 1.165) is 29.0 Å². The Morgan fingerprint density at radius 1 is 1.21 bits per heavy atom. The maximum Gasteiger partial charge on any atom is 0.232 e. The zero-order chi connectivity index (χ0) is 20.1. The monoisotopic (exact) mass is 380 g/mol. The minimum atomic E-state index is -0.274. The van der Waals surface area contributed by atoms with E-state index in [0.29, 0.717) is 26.1 Å². The normalized spacial score (nSPS) is 16.3. The molecule has 1 unspecified atom stereocenters. The molecule has 5 nitrogen and oxygen atoms in total. The van der Waals surface area contributed by atoms with Gasteiger partial charge in [0.15, 0.2) is 0 Å². The number of benzene rings is 2. The third-order valence-corrected chi connectivity index (χ3v) is 5.29. The molecule has 1 aliphatic heterocycles. The summed E-state index contributed by atoms with van der Waals surface area (Å²) in [5.74, 6) is 0.645. The van der Waals surface area contributed by atoms with Crippen LogP contribution >= 0.6 is 0 Å². The van der Waals surface area contributed by atoms with Crippen molar-refractivity contribution in [3.05, 3.63) is 59.7 Å². The molecule has 0 N–H and O–H groups in total. The van der Waals surface area contributed by atoms with Crippen molar-refractivity contribution in [3.8, 4) is 5.75 Å². The number of rotatable bonds is 7. The predicted molar refractivity (Wildman–Crippen MR) is 111 cm³/mol. The molecule has 2 aromatic carbocycles. The summed E-state index contributed by atoms with van der Waals surface area (Å²) < 4.78 is 5.17. The van der Waals surface area contributed by atoms with Crippen LogP contribution in [-0.4, -0.2) is 43.5 Å². The fourth-order valence-corrected chi connectivity index (χ4v) is 3.69. The molecule has 1 fully saturated rings. The summed E-state index contributed by atoms with van der Waals surface area (Å²) in [6.45, 7) is 5.71. The van der Waals surface area contributed by atoms with Gasteiger partial charge in [-0.25, -0.2) is 0 Å².